The van der Waals surface area contributed by atoms with Crippen molar-refractivity contribution in [2.45, 2.75) is 33.9 Å². The number of likely N-dealkylation sites (N-methyl/N-ethyl adjacent to an activating group) is 1. The van der Waals surface area contributed by atoms with Crippen LogP contribution in [0.1, 0.15) is 31.9 Å². The average Bonchev–Trinajstić information content (AvgIpc) is 3.27. The fraction of sp³-hybridized carbons (Fsp3) is 0.286. The highest BCUT2D eigenvalue weighted by Gasteiger charge is 2.05. The van der Waals surface area contributed by atoms with Crippen molar-refractivity contribution in [3.05, 3.63) is 90.2 Å². The molecule has 0 radical (unpaired) electrons. The lowest BCUT2D eigenvalue weighted by molar-refractivity contribution is 0.304. The van der Waals surface area contributed by atoms with Crippen LogP contribution in [0.5, 0.6) is 5.75 Å². The summed E-state index contributed by atoms with van der Waals surface area (Å²) in [5.74, 6) is 8.07. The Morgan fingerprint density at radius 3 is 2.53 bits per heavy atom. The van der Waals surface area contributed by atoms with Gasteiger partial charge in [0.1, 0.15) is 18.1 Å². The Kier molecular flexibility index (Phi) is 9.65. The van der Waals surface area contributed by atoms with Gasteiger partial charge in [-0.15, -0.1) is 12.4 Å². The Balaban J connectivity index is 0.00000363. The Bertz CT molecular complexity index is 1050. The van der Waals surface area contributed by atoms with E-state index in [9.17, 15) is 0 Å². The standard InChI is InChI=1S/C28H31NO2.ClH/c1-28(2,3)16-6-5-7-17-29(4)21-23-11-9-14-26(20-23)31-22-24-12-8-13-25(19-24)27-15-10-18-30-27;/h5,7-15,18-20H,17,21-22H2,1-4H3;1H/b7-5+;. The number of allylic oxidation sites excluding steroid dienone is 1. The van der Waals surface area contributed by atoms with Crippen molar-refractivity contribution in [1.29, 1.82) is 0 Å². The third kappa shape index (κ3) is 8.67. The number of benzene rings is 2. The molecule has 32 heavy (non-hydrogen) atoms. The lowest BCUT2D eigenvalue weighted by Crippen LogP contribution is -2.17. The Hall–Kier alpha value is -2.93. The van der Waals surface area contributed by atoms with E-state index < -0.39 is 0 Å². The molecule has 1 heterocycles. The van der Waals surface area contributed by atoms with Gasteiger partial charge in [-0.3, -0.25) is 4.90 Å². The van der Waals surface area contributed by atoms with Crippen LogP contribution in [0.25, 0.3) is 11.3 Å². The molecule has 0 unspecified atom stereocenters. The second kappa shape index (κ2) is 12.2. The van der Waals surface area contributed by atoms with E-state index in [-0.39, 0.29) is 17.8 Å². The van der Waals surface area contributed by atoms with Gasteiger partial charge in [-0.05, 0) is 75.4 Å². The van der Waals surface area contributed by atoms with Crippen molar-refractivity contribution in [3.63, 3.8) is 0 Å². The van der Waals surface area contributed by atoms with Gasteiger partial charge in [0.2, 0.25) is 0 Å². The van der Waals surface area contributed by atoms with E-state index in [4.69, 9.17) is 9.15 Å². The van der Waals surface area contributed by atoms with Crippen molar-refractivity contribution in [3.8, 4) is 28.9 Å². The largest absolute Gasteiger partial charge is 0.489 e. The molecule has 0 atom stereocenters. The molecule has 0 saturated carbocycles. The minimum Gasteiger partial charge on any atom is -0.489 e. The van der Waals surface area contributed by atoms with Gasteiger partial charge in [0.15, 0.2) is 0 Å². The maximum Gasteiger partial charge on any atom is 0.133 e. The Morgan fingerprint density at radius 1 is 1.00 bits per heavy atom. The number of halogens is 1. The third-order valence-corrected chi connectivity index (χ3v) is 4.55. The number of hydrogen-bond donors (Lipinski definition) is 0. The van der Waals surface area contributed by atoms with Gasteiger partial charge in [-0.1, -0.05) is 48.2 Å². The summed E-state index contributed by atoms with van der Waals surface area (Å²) in [6, 6.07) is 20.4. The van der Waals surface area contributed by atoms with Gasteiger partial charge < -0.3 is 9.15 Å². The summed E-state index contributed by atoms with van der Waals surface area (Å²) >= 11 is 0. The fourth-order valence-electron chi connectivity index (χ4n) is 3.08. The highest BCUT2D eigenvalue weighted by atomic mass is 35.5. The van der Waals surface area contributed by atoms with Crippen molar-refractivity contribution in [2.75, 3.05) is 13.6 Å². The molecule has 2 aromatic carbocycles. The maximum atomic E-state index is 6.05. The second-order valence-corrected chi connectivity index (χ2v) is 8.73. The van der Waals surface area contributed by atoms with Crippen LogP contribution in [0.4, 0.5) is 0 Å². The number of rotatable bonds is 8. The molecule has 0 aliphatic rings. The van der Waals surface area contributed by atoms with Crippen LogP contribution in [-0.4, -0.2) is 18.5 Å². The molecular formula is C28H32ClNO2. The van der Waals surface area contributed by atoms with E-state index in [0.717, 1.165) is 35.7 Å². The van der Waals surface area contributed by atoms with Crippen molar-refractivity contribution in [2.24, 2.45) is 5.41 Å². The SMILES string of the molecule is CN(C/C=C/C#CC(C)(C)C)Cc1cccc(OCc2cccc(-c3ccco3)c2)c1.Cl. The zero-order chi connectivity index (χ0) is 22.1. The molecule has 4 heteroatoms. The normalized spacial score (nSPS) is 11.2. The lowest BCUT2D eigenvalue weighted by Gasteiger charge is -2.15. The molecule has 168 valence electrons. The van der Waals surface area contributed by atoms with E-state index in [1.54, 1.807) is 6.26 Å². The van der Waals surface area contributed by atoms with Crippen LogP contribution in [0, 0.1) is 17.3 Å². The minimum atomic E-state index is 0. The maximum absolute atomic E-state index is 6.05. The monoisotopic (exact) mass is 449 g/mol. The molecule has 0 N–H and O–H groups in total. The predicted molar refractivity (Wildman–Crippen MR) is 135 cm³/mol. The van der Waals surface area contributed by atoms with Crippen LogP contribution in [0.3, 0.4) is 0 Å². The third-order valence-electron chi connectivity index (χ3n) is 4.55. The van der Waals surface area contributed by atoms with Gasteiger partial charge in [0.05, 0.1) is 6.26 Å². The predicted octanol–water partition coefficient (Wildman–Crippen LogP) is 6.98. The zero-order valence-corrected chi connectivity index (χ0v) is 20.1. The van der Waals surface area contributed by atoms with Gasteiger partial charge >= 0.3 is 0 Å². The molecule has 1 aromatic heterocycles. The summed E-state index contributed by atoms with van der Waals surface area (Å²) in [5, 5.41) is 0. The first-order valence-corrected chi connectivity index (χ1v) is 10.6. The van der Waals surface area contributed by atoms with Crippen LogP contribution in [0.15, 0.2) is 83.5 Å². The van der Waals surface area contributed by atoms with Gasteiger partial charge in [0.25, 0.3) is 0 Å². The zero-order valence-electron chi connectivity index (χ0n) is 19.3. The molecular weight excluding hydrogens is 418 g/mol. The average molecular weight is 450 g/mol. The first kappa shape index (κ1) is 25.3. The summed E-state index contributed by atoms with van der Waals surface area (Å²) in [4.78, 5) is 2.25. The minimum absolute atomic E-state index is 0. The number of ether oxygens (including phenoxy) is 1. The summed E-state index contributed by atoms with van der Waals surface area (Å²) in [5.41, 5.74) is 3.43. The molecule has 3 nitrogen and oxygen atoms in total. The van der Waals surface area contributed by atoms with E-state index in [1.807, 2.05) is 42.5 Å². The smallest absolute Gasteiger partial charge is 0.133 e. The van der Waals surface area contributed by atoms with E-state index in [2.05, 4.69) is 74.9 Å². The topological polar surface area (TPSA) is 25.6 Å². The van der Waals surface area contributed by atoms with Gasteiger partial charge in [-0.25, -0.2) is 0 Å². The molecule has 0 spiro atoms. The second-order valence-electron chi connectivity index (χ2n) is 8.73. The highest BCUT2D eigenvalue weighted by Crippen LogP contribution is 2.22. The summed E-state index contributed by atoms with van der Waals surface area (Å²) in [6.07, 6.45) is 5.74. The van der Waals surface area contributed by atoms with E-state index >= 15 is 0 Å². The summed E-state index contributed by atoms with van der Waals surface area (Å²) in [6.45, 7) is 8.56. The number of hydrogen-bond acceptors (Lipinski definition) is 3. The van der Waals surface area contributed by atoms with Gasteiger partial charge in [-0.2, -0.15) is 0 Å². The van der Waals surface area contributed by atoms with E-state index in [1.165, 1.54) is 5.56 Å². The van der Waals surface area contributed by atoms with Crippen LogP contribution in [-0.2, 0) is 13.2 Å². The summed E-state index contributed by atoms with van der Waals surface area (Å²) < 4.78 is 11.5. The summed E-state index contributed by atoms with van der Waals surface area (Å²) in [7, 11) is 2.11. The number of nitrogens with zero attached hydrogens (tertiary/aromatic N) is 1. The Morgan fingerprint density at radius 2 is 1.78 bits per heavy atom. The molecule has 3 rings (SSSR count). The molecule has 0 amide bonds. The molecule has 0 aliphatic carbocycles. The van der Waals surface area contributed by atoms with Crippen LogP contribution >= 0.6 is 12.4 Å². The molecule has 0 fully saturated rings. The highest BCUT2D eigenvalue weighted by molar-refractivity contribution is 5.85. The molecule has 0 aliphatic heterocycles. The van der Waals surface area contributed by atoms with Crippen LogP contribution in [0.2, 0.25) is 0 Å². The number of furan rings is 1. The lowest BCUT2D eigenvalue weighted by atomic mass is 9.98. The Labute approximate surface area is 198 Å². The molecule has 0 bridgehead atoms. The first-order valence-electron chi connectivity index (χ1n) is 10.6. The van der Waals surface area contributed by atoms with Crippen molar-refractivity contribution < 1.29 is 9.15 Å². The van der Waals surface area contributed by atoms with Crippen LogP contribution < -0.4 is 4.74 Å². The van der Waals surface area contributed by atoms with E-state index in [0.29, 0.717) is 6.61 Å². The quantitative estimate of drug-likeness (QED) is 0.347. The molecule has 0 saturated heterocycles. The molecule has 3 aromatic rings. The fourth-order valence-corrected chi connectivity index (χ4v) is 3.08. The van der Waals surface area contributed by atoms with Crippen molar-refractivity contribution >= 4 is 12.4 Å². The first-order chi connectivity index (χ1) is 14.9. The van der Waals surface area contributed by atoms with Crippen molar-refractivity contribution in [1.82, 2.24) is 4.90 Å². The van der Waals surface area contributed by atoms with Gasteiger partial charge in [0, 0.05) is 24.1 Å².